The van der Waals surface area contributed by atoms with E-state index in [1.54, 1.807) is 4.90 Å². The molecule has 3 N–H and O–H groups in total. The molecule has 1 saturated heterocycles. The number of urea groups is 1. The molecule has 0 spiro atoms. The van der Waals surface area contributed by atoms with E-state index in [0.29, 0.717) is 19.6 Å². The van der Waals surface area contributed by atoms with Crippen LogP contribution >= 0.6 is 0 Å². The Balaban J connectivity index is 1.79. The molecule has 2 amide bonds. The lowest BCUT2D eigenvalue weighted by Gasteiger charge is -2.34. The average Bonchev–Trinajstić information content (AvgIpc) is 3.21. The number of β-amino-alcohol motifs (C(OH)–C–C–N with tert-alkyl or cyclic N) is 1. The first kappa shape index (κ1) is 14.1. The van der Waals surface area contributed by atoms with Gasteiger partial charge in [-0.2, -0.15) is 0 Å². The third-order valence-corrected chi connectivity index (χ3v) is 3.71. The second kappa shape index (κ2) is 6.21. The van der Waals surface area contributed by atoms with Gasteiger partial charge in [0.15, 0.2) is 0 Å². The minimum atomic E-state index is -0.949. The molecular weight excluding hydrogens is 250 g/mol. The lowest BCUT2D eigenvalue weighted by molar-refractivity contribution is -0.139. The molecule has 7 nitrogen and oxygen atoms in total. The Kier molecular flexibility index (Phi) is 4.60. The van der Waals surface area contributed by atoms with E-state index in [1.807, 2.05) is 0 Å². The molecule has 19 heavy (non-hydrogen) atoms. The molecule has 2 rings (SSSR count). The molecule has 108 valence electrons. The van der Waals surface area contributed by atoms with Crippen LogP contribution in [0.3, 0.4) is 0 Å². The zero-order valence-electron chi connectivity index (χ0n) is 10.9. The standard InChI is InChI=1S/C12H21N3O4/c16-8-7-14-3-5-15(6-4-14)12(19)13-10(11(17)18)9-1-2-9/h9-10,16H,1-8H2,(H,13,19)(H,17,18). The number of carbonyl (C=O) groups excluding carboxylic acids is 1. The van der Waals surface area contributed by atoms with Crippen molar-refractivity contribution in [1.82, 2.24) is 15.1 Å². The van der Waals surface area contributed by atoms with Crippen molar-refractivity contribution in [3.63, 3.8) is 0 Å². The van der Waals surface area contributed by atoms with Gasteiger partial charge in [0.2, 0.25) is 0 Å². The first-order chi connectivity index (χ1) is 9.11. The Morgan fingerprint density at radius 3 is 2.32 bits per heavy atom. The van der Waals surface area contributed by atoms with Crippen molar-refractivity contribution in [2.24, 2.45) is 5.92 Å². The molecule has 2 aliphatic rings. The Labute approximate surface area is 112 Å². The van der Waals surface area contributed by atoms with Crippen LogP contribution in [0.4, 0.5) is 4.79 Å². The number of amides is 2. The number of carbonyl (C=O) groups is 2. The van der Waals surface area contributed by atoms with Crippen LogP contribution in [0.15, 0.2) is 0 Å². The van der Waals surface area contributed by atoms with Gasteiger partial charge >= 0.3 is 12.0 Å². The molecule has 1 heterocycles. The second-order valence-corrected chi connectivity index (χ2v) is 5.16. The fraction of sp³-hybridized carbons (Fsp3) is 0.833. The van der Waals surface area contributed by atoms with Crippen LogP contribution in [0.25, 0.3) is 0 Å². The van der Waals surface area contributed by atoms with Gasteiger partial charge in [0.25, 0.3) is 0 Å². The SMILES string of the molecule is O=C(O)C(NC(=O)N1CCN(CCO)CC1)C1CC1. The molecule has 1 unspecified atom stereocenters. The highest BCUT2D eigenvalue weighted by molar-refractivity contribution is 5.83. The van der Waals surface area contributed by atoms with Gasteiger partial charge in [-0.25, -0.2) is 9.59 Å². The summed E-state index contributed by atoms with van der Waals surface area (Å²) in [4.78, 5) is 26.8. The monoisotopic (exact) mass is 271 g/mol. The second-order valence-electron chi connectivity index (χ2n) is 5.16. The minimum absolute atomic E-state index is 0.0946. The van der Waals surface area contributed by atoms with Crippen LogP contribution in [0, 0.1) is 5.92 Å². The number of carboxylic acid groups (broad SMARTS) is 1. The minimum Gasteiger partial charge on any atom is -0.480 e. The number of aliphatic hydroxyl groups is 1. The molecule has 2 fully saturated rings. The number of hydrogen-bond donors (Lipinski definition) is 3. The van der Waals surface area contributed by atoms with Gasteiger partial charge in [-0.05, 0) is 18.8 Å². The van der Waals surface area contributed by atoms with Gasteiger partial charge in [-0.15, -0.1) is 0 Å². The van der Waals surface area contributed by atoms with Crippen molar-refractivity contribution in [1.29, 1.82) is 0 Å². The zero-order valence-corrected chi connectivity index (χ0v) is 10.9. The molecule has 0 aromatic rings. The van der Waals surface area contributed by atoms with Gasteiger partial charge in [0.05, 0.1) is 6.61 Å². The molecule has 0 aromatic heterocycles. The van der Waals surface area contributed by atoms with Gasteiger partial charge in [0, 0.05) is 32.7 Å². The van der Waals surface area contributed by atoms with Crippen molar-refractivity contribution < 1.29 is 19.8 Å². The highest BCUT2D eigenvalue weighted by Gasteiger charge is 2.38. The van der Waals surface area contributed by atoms with E-state index in [4.69, 9.17) is 10.2 Å². The van der Waals surface area contributed by atoms with Gasteiger partial charge in [-0.3, -0.25) is 4.90 Å². The molecule has 7 heteroatoms. The number of carboxylic acids is 1. The van der Waals surface area contributed by atoms with Crippen LogP contribution in [-0.2, 0) is 4.79 Å². The lowest BCUT2D eigenvalue weighted by atomic mass is 10.2. The number of piperazine rings is 1. The molecule has 0 bridgehead atoms. The topological polar surface area (TPSA) is 93.1 Å². The van der Waals surface area contributed by atoms with Crippen LogP contribution in [0.5, 0.6) is 0 Å². The van der Waals surface area contributed by atoms with E-state index in [9.17, 15) is 9.59 Å². The third-order valence-electron chi connectivity index (χ3n) is 3.71. The summed E-state index contributed by atoms with van der Waals surface area (Å²) < 4.78 is 0. The average molecular weight is 271 g/mol. The lowest BCUT2D eigenvalue weighted by Crippen LogP contribution is -2.55. The normalized spacial score (nSPS) is 22.1. The third kappa shape index (κ3) is 3.81. The number of hydrogen-bond acceptors (Lipinski definition) is 4. The van der Waals surface area contributed by atoms with Gasteiger partial charge < -0.3 is 20.4 Å². The van der Waals surface area contributed by atoms with Crippen molar-refractivity contribution >= 4 is 12.0 Å². The smallest absolute Gasteiger partial charge is 0.326 e. The van der Waals surface area contributed by atoms with E-state index in [2.05, 4.69) is 10.2 Å². The predicted molar refractivity (Wildman–Crippen MR) is 67.8 cm³/mol. The van der Waals surface area contributed by atoms with Crippen molar-refractivity contribution in [2.45, 2.75) is 18.9 Å². The summed E-state index contributed by atoms with van der Waals surface area (Å²) in [5, 5.41) is 20.5. The van der Waals surface area contributed by atoms with Gasteiger partial charge in [0.1, 0.15) is 6.04 Å². The van der Waals surface area contributed by atoms with Gasteiger partial charge in [-0.1, -0.05) is 0 Å². The summed E-state index contributed by atoms with van der Waals surface area (Å²) in [6, 6.07) is -1.04. The fourth-order valence-corrected chi connectivity index (χ4v) is 2.35. The van der Waals surface area contributed by atoms with E-state index >= 15 is 0 Å². The Hall–Kier alpha value is -1.34. The first-order valence-electron chi connectivity index (χ1n) is 6.73. The Morgan fingerprint density at radius 2 is 1.84 bits per heavy atom. The van der Waals surface area contributed by atoms with Crippen LogP contribution in [0.2, 0.25) is 0 Å². The fourth-order valence-electron chi connectivity index (χ4n) is 2.35. The highest BCUT2D eigenvalue weighted by atomic mass is 16.4. The maximum atomic E-state index is 12.0. The van der Waals surface area contributed by atoms with Crippen molar-refractivity contribution in [3.8, 4) is 0 Å². The summed E-state index contributed by atoms with van der Waals surface area (Å²) in [7, 11) is 0. The number of nitrogens with zero attached hydrogens (tertiary/aromatic N) is 2. The summed E-state index contributed by atoms with van der Waals surface area (Å²) in [5.74, 6) is -0.855. The molecule has 1 saturated carbocycles. The Morgan fingerprint density at radius 1 is 1.21 bits per heavy atom. The Bertz CT molecular complexity index is 338. The maximum absolute atomic E-state index is 12.0. The van der Waals surface area contributed by atoms with E-state index in [0.717, 1.165) is 25.9 Å². The number of rotatable bonds is 5. The first-order valence-corrected chi connectivity index (χ1v) is 6.73. The van der Waals surface area contributed by atoms with E-state index in [-0.39, 0.29) is 18.6 Å². The van der Waals surface area contributed by atoms with E-state index < -0.39 is 12.0 Å². The van der Waals surface area contributed by atoms with Crippen molar-refractivity contribution in [3.05, 3.63) is 0 Å². The summed E-state index contributed by atoms with van der Waals surface area (Å²) >= 11 is 0. The molecule has 0 aromatic carbocycles. The molecular formula is C12H21N3O4. The molecule has 1 atom stereocenters. The maximum Gasteiger partial charge on any atom is 0.326 e. The molecule has 1 aliphatic carbocycles. The van der Waals surface area contributed by atoms with Crippen LogP contribution in [0.1, 0.15) is 12.8 Å². The molecule has 0 radical (unpaired) electrons. The summed E-state index contributed by atoms with van der Waals surface area (Å²) in [5.41, 5.74) is 0. The summed E-state index contributed by atoms with van der Waals surface area (Å²) in [6.45, 7) is 3.32. The zero-order chi connectivity index (χ0) is 13.8. The molecule has 1 aliphatic heterocycles. The quantitative estimate of drug-likeness (QED) is 0.607. The largest absolute Gasteiger partial charge is 0.480 e. The summed E-state index contributed by atoms with van der Waals surface area (Å²) in [6.07, 6.45) is 1.75. The number of nitrogens with one attached hydrogen (secondary N) is 1. The van der Waals surface area contributed by atoms with E-state index in [1.165, 1.54) is 0 Å². The number of aliphatic carboxylic acids is 1. The highest BCUT2D eigenvalue weighted by Crippen LogP contribution is 2.32. The number of aliphatic hydroxyl groups excluding tert-OH is 1. The van der Waals surface area contributed by atoms with Crippen LogP contribution < -0.4 is 5.32 Å². The van der Waals surface area contributed by atoms with Crippen molar-refractivity contribution in [2.75, 3.05) is 39.3 Å². The predicted octanol–water partition coefficient (Wildman–Crippen LogP) is -0.831. The van der Waals surface area contributed by atoms with Crippen LogP contribution in [-0.4, -0.2) is 77.4 Å².